The Balaban J connectivity index is 0.000000171. The van der Waals surface area contributed by atoms with Crippen molar-refractivity contribution in [3.8, 4) is 11.5 Å². The highest BCUT2D eigenvalue weighted by atomic mass is 16.3. The van der Waals surface area contributed by atoms with Gasteiger partial charge in [-0.3, -0.25) is 9.59 Å². The molecule has 4 aromatic rings. The zero-order valence-corrected chi connectivity index (χ0v) is 15.2. The Morgan fingerprint density at radius 3 is 2.45 bits per heavy atom. The number of anilines is 1. The SMILES string of the molecule is Cc1cc(O)c2c(c1)C(=O)c1cccc(O)c1C2=O.Nc1ncnc2nc[nH]c12. The maximum Gasteiger partial charge on any atom is 0.201 e. The summed E-state index contributed by atoms with van der Waals surface area (Å²) in [6, 6.07) is 7.36. The number of nitrogens with one attached hydrogen (secondary N) is 1. The van der Waals surface area contributed by atoms with Gasteiger partial charge in [-0.25, -0.2) is 15.0 Å². The van der Waals surface area contributed by atoms with E-state index >= 15 is 0 Å². The van der Waals surface area contributed by atoms with Crippen molar-refractivity contribution in [2.45, 2.75) is 6.92 Å². The number of carbonyl (C=O) groups is 2. The highest BCUT2D eigenvalue weighted by molar-refractivity contribution is 6.30. The van der Waals surface area contributed by atoms with E-state index in [2.05, 4.69) is 19.9 Å². The first-order chi connectivity index (χ1) is 13.9. The molecule has 0 atom stereocenters. The molecule has 5 rings (SSSR count). The van der Waals surface area contributed by atoms with Crippen LogP contribution < -0.4 is 5.73 Å². The molecule has 9 nitrogen and oxygen atoms in total. The third-order valence-electron chi connectivity index (χ3n) is 4.50. The normalized spacial score (nSPS) is 12.2. The quantitative estimate of drug-likeness (QED) is 0.314. The van der Waals surface area contributed by atoms with Gasteiger partial charge in [-0.2, -0.15) is 0 Å². The van der Waals surface area contributed by atoms with Gasteiger partial charge in [0.25, 0.3) is 0 Å². The van der Waals surface area contributed by atoms with E-state index in [1.807, 2.05) is 0 Å². The number of aromatic nitrogens is 4. The van der Waals surface area contributed by atoms with E-state index in [9.17, 15) is 19.8 Å². The van der Waals surface area contributed by atoms with Gasteiger partial charge in [0, 0.05) is 11.1 Å². The summed E-state index contributed by atoms with van der Waals surface area (Å²) in [5.41, 5.74) is 7.74. The van der Waals surface area contributed by atoms with Gasteiger partial charge in [0.1, 0.15) is 23.3 Å². The number of benzene rings is 2. The Bertz CT molecular complexity index is 1300. The van der Waals surface area contributed by atoms with Crippen molar-refractivity contribution in [3.05, 3.63) is 70.8 Å². The number of imidazole rings is 1. The number of phenols is 2. The number of hydrogen-bond acceptors (Lipinski definition) is 8. The molecule has 0 amide bonds. The number of nitrogens with two attached hydrogens (primary N) is 1. The number of fused-ring (bicyclic) bond motifs is 3. The van der Waals surface area contributed by atoms with Crippen LogP contribution >= 0.6 is 0 Å². The molecule has 5 N–H and O–H groups in total. The van der Waals surface area contributed by atoms with Crippen LogP contribution in [0.2, 0.25) is 0 Å². The lowest BCUT2D eigenvalue weighted by Crippen LogP contribution is -2.21. The molecule has 29 heavy (non-hydrogen) atoms. The van der Waals surface area contributed by atoms with Crippen molar-refractivity contribution in [2.24, 2.45) is 0 Å². The van der Waals surface area contributed by atoms with Crippen LogP contribution in [0.25, 0.3) is 11.2 Å². The largest absolute Gasteiger partial charge is 0.507 e. The fourth-order valence-corrected chi connectivity index (χ4v) is 3.21. The minimum absolute atomic E-state index is 0.0374. The van der Waals surface area contributed by atoms with E-state index in [-0.39, 0.29) is 39.5 Å². The van der Waals surface area contributed by atoms with Crippen LogP contribution in [0.5, 0.6) is 11.5 Å². The number of nitrogens with zero attached hydrogens (tertiary/aromatic N) is 3. The van der Waals surface area contributed by atoms with Crippen molar-refractivity contribution < 1.29 is 19.8 Å². The highest BCUT2D eigenvalue weighted by Crippen LogP contribution is 2.36. The third-order valence-corrected chi connectivity index (χ3v) is 4.50. The Morgan fingerprint density at radius 1 is 0.931 bits per heavy atom. The minimum Gasteiger partial charge on any atom is -0.507 e. The number of phenolic OH excluding ortho intramolecular Hbond substituents is 2. The second-order valence-corrected chi connectivity index (χ2v) is 6.42. The second-order valence-electron chi connectivity index (χ2n) is 6.42. The van der Waals surface area contributed by atoms with Gasteiger partial charge in [-0.15, -0.1) is 0 Å². The topological polar surface area (TPSA) is 155 Å². The number of hydrogen-bond donors (Lipinski definition) is 4. The molecule has 0 aliphatic heterocycles. The first kappa shape index (κ1) is 18.1. The number of carbonyl (C=O) groups excluding carboxylic acids is 2. The maximum absolute atomic E-state index is 12.3. The molecule has 0 spiro atoms. The Morgan fingerprint density at radius 2 is 1.69 bits per heavy atom. The summed E-state index contributed by atoms with van der Waals surface area (Å²) < 4.78 is 0. The van der Waals surface area contributed by atoms with Gasteiger partial charge in [-0.1, -0.05) is 12.1 Å². The molecule has 0 radical (unpaired) electrons. The monoisotopic (exact) mass is 389 g/mol. The average molecular weight is 389 g/mol. The summed E-state index contributed by atoms with van der Waals surface area (Å²) in [4.78, 5) is 39.0. The molecule has 2 aromatic heterocycles. The first-order valence-electron chi connectivity index (χ1n) is 8.53. The van der Waals surface area contributed by atoms with Gasteiger partial charge in [-0.05, 0) is 30.7 Å². The number of H-pyrrole nitrogens is 1. The van der Waals surface area contributed by atoms with Crippen LogP contribution in [0.1, 0.15) is 37.4 Å². The predicted molar refractivity (Wildman–Crippen MR) is 104 cm³/mol. The van der Waals surface area contributed by atoms with Crippen LogP contribution in [0.4, 0.5) is 5.82 Å². The fraction of sp³-hybridized carbons (Fsp3) is 0.0500. The number of rotatable bonds is 0. The predicted octanol–water partition coefficient (Wildman–Crippen LogP) is 2.12. The summed E-state index contributed by atoms with van der Waals surface area (Å²) in [6.07, 6.45) is 2.92. The van der Waals surface area contributed by atoms with Crippen molar-refractivity contribution in [2.75, 3.05) is 5.73 Å². The van der Waals surface area contributed by atoms with E-state index in [0.29, 0.717) is 22.5 Å². The van der Waals surface area contributed by atoms with Gasteiger partial charge in [0.2, 0.25) is 5.78 Å². The average Bonchev–Trinajstić information content (AvgIpc) is 3.16. The molecule has 1 aliphatic carbocycles. The Kier molecular flexibility index (Phi) is 4.19. The molecule has 0 bridgehead atoms. The van der Waals surface area contributed by atoms with E-state index < -0.39 is 5.78 Å². The standard InChI is InChI=1S/C15H10O4.C5H5N5/c1-7-5-9-13(11(17)6-7)15(19)12-8(14(9)18)3-2-4-10(12)16;6-4-3-5(9-1-7-3)10-2-8-4/h2-6,16-17H,1H3;1-2H,(H3,6,7,8,9,10). The van der Waals surface area contributed by atoms with E-state index in [0.717, 1.165) is 0 Å². The maximum atomic E-state index is 12.3. The molecule has 0 saturated heterocycles. The van der Waals surface area contributed by atoms with Crippen LogP contribution in [-0.4, -0.2) is 41.7 Å². The molecule has 9 heteroatoms. The summed E-state index contributed by atoms with van der Waals surface area (Å²) in [7, 11) is 0. The number of aromatic amines is 1. The van der Waals surface area contributed by atoms with E-state index in [4.69, 9.17) is 5.73 Å². The molecule has 2 heterocycles. The molecular formula is C20H15N5O4. The number of aromatic hydroxyl groups is 2. The Labute approximate surface area is 163 Å². The van der Waals surface area contributed by atoms with Crippen molar-refractivity contribution >= 4 is 28.5 Å². The third kappa shape index (κ3) is 2.94. The molecule has 1 aliphatic rings. The lowest BCUT2D eigenvalue weighted by Gasteiger charge is -2.19. The minimum atomic E-state index is -0.528. The van der Waals surface area contributed by atoms with Crippen LogP contribution in [0.15, 0.2) is 43.0 Å². The summed E-state index contributed by atoms with van der Waals surface area (Å²) >= 11 is 0. The smallest absolute Gasteiger partial charge is 0.201 e. The number of nitrogen functional groups attached to an aromatic ring is 1. The number of ketones is 2. The van der Waals surface area contributed by atoms with Crippen molar-refractivity contribution in [1.82, 2.24) is 19.9 Å². The first-order valence-corrected chi connectivity index (χ1v) is 8.53. The lowest BCUT2D eigenvalue weighted by atomic mass is 9.82. The van der Waals surface area contributed by atoms with Gasteiger partial charge >= 0.3 is 0 Å². The molecule has 0 fully saturated rings. The highest BCUT2D eigenvalue weighted by Gasteiger charge is 2.34. The molecule has 0 saturated carbocycles. The lowest BCUT2D eigenvalue weighted by molar-refractivity contribution is 0.0974. The van der Waals surface area contributed by atoms with Crippen LogP contribution in [0.3, 0.4) is 0 Å². The summed E-state index contributed by atoms with van der Waals surface area (Å²) in [6.45, 7) is 1.73. The van der Waals surface area contributed by atoms with Gasteiger partial charge in [0.15, 0.2) is 17.2 Å². The molecule has 144 valence electrons. The zero-order chi connectivity index (χ0) is 20.7. The summed E-state index contributed by atoms with van der Waals surface area (Å²) in [5, 5.41) is 19.6. The summed E-state index contributed by atoms with van der Waals surface area (Å²) in [5.74, 6) is -0.939. The van der Waals surface area contributed by atoms with Gasteiger partial charge in [0.05, 0.1) is 17.5 Å². The van der Waals surface area contributed by atoms with Crippen LogP contribution in [0, 0.1) is 6.92 Å². The molecule has 0 unspecified atom stereocenters. The molecule has 2 aromatic carbocycles. The zero-order valence-electron chi connectivity index (χ0n) is 15.2. The van der Waals surface area contributed by atoms with Gasteiger partial charge < -0.3 is 20.9 Å². The molecular weight excluding hydrogens is 374 g/mol. The Hall–Kier alpha value is -4.27. The van der Waals surface area contributed by atoms with Crippen molar-refractivity contribution in [3.63, 3.8) is 0 Å². The fourth-order valence-electron chi connectivity index (χ4n) is 3.21. The second kappa shape index (κ2) is 6.71. The number of aryl methyl sites for hydroxylation is 1. The van der Waals surface area contributed by atoms with Crippen LogP contribution in [-0.2, 0) is 0 Å². The van der Waals surface area contributed by atoms with Crippen molar-refractivity contribution in [1.29, 1.82) is 0 Å². The van der Waals surface area contributed by atoms with E-state index in [1.165, 1.54) is 36.9 Å². The van der Waals surface area contributed by atoms with E-state index in [1.54, 1.807) is 13.0 Å².